The number of carboxylic acid groups (broad SMARTS) is 1. The first-order chi connectivity index (χ1) is 27.8. The number of likely N-dealkylation sites (N-methyl/N-ethyl adjacent to an activating group) is 1. The highest BCUT2D eigenvalue weighted by Crippen LogP contribution is 2.46. The average Bonchev–Trinajstić information content (AvgIpc) is 3.77. The molecule has 9 rings (SSSR count). The molecule has 6 aromatic rings. The first kappa shape index (κ1) is 36.2. The van der Waals surface area contributed by atoms with Crippen LogP contribution >= 0.6 is 0 Å². The molecule has 1 N–H and O–H groups in total. The van der Waals surface area contributed by atoms with Crippen molar-refractivity contribution < 1.29 is 28.5 Å². The summed E-state index contributed by atoms with van der Waals surface area (Å²) >= 11 is 0. The number of ether oxygens (including phenoxy) is 3. The van der Waals surface area contributed by atoms with Gasteiger partial charge in [-0.3, -0.25) is 4.90 Å². The van der Waals surface area contributed by atoms with E-state index in [2.05, 4.69) is 18.0 Å². The van der Waals surface area contributed by atoms with Crippen LogP contribution in [0.3, 0.4) is 0 Å². The van der Waals surface area contributed by atoms with Gasteiger partial charge in [-0.15, -0.1) is 0 Å². The fraction of sp³-hybridized carbons (Fsp3) is 0.289. The van der Waals surface area contributed by atoms with E-state index in [1.807, 2.05) is 71.6 Å². The van der Waals surface area contributed by atoms with Gasteiger partial charge in [-0.1, -0.05) is 66.7 Å². The molecule has 3 aliphatic rings. The molecule has 11 nitrogen and oxygen atoms in total. The third kappa shape index (κ3) is 7.00. The smallest absolute Gasteiger partial charge is 0.407 e. The number of nitriles is 1. The zero-order valence-electron chi connectivity index (χ0n) is 31.5. The summed E-state index contributed by atoms with van der Waals surface area (Å²) in [7, 11) is 2.06. The molecule has 57 heavy (non-hydrogen) atoms. The van der Waals surface area contributed by atoms with Gasteiger partial charge in [0, 0.05) is 24.5 Å². The lowest BCUT2D eigenvalue weighted by Crippen LogP contribution is -2.55. The number of likely N-dealkylation sites (tertiary alicyclic amines) is 1. The number of aromatic nitrogens is 2. The van der Waals surface area contributed by atoms with Crippen molar-refractivity contribution in [2.75, 3.05) is 38.2 Å². The minimum Gasteiger partial charge on any atom is -0.489 e. The number of benzene rings is 5. The summed E-state index contributed by atoms with van der Waals surface area (Å²) in [6.45, 7) is 2.37. The van der Waals surface area contributed by atoms with Gasteiger partial charge in [0.05, 0.1) is 23.2 Å². The number of amides is 1. The number of nitrogens with zero attached hydrogens (tertiary/aromatic N) is 6. The van der Waals surface area contributed by atoms with E-state index in [9.17, 15) is 15.2 Å². The Labute approximate surface area is 329 Å². The molecular weight excluding hydrogens is 724 g/mol. The molecule has 3 saturated heterocycles. The summed E-state index contributed by atoms with van der Waals surface area (Å²) in [6, 6.07) is 31.8. The topological polar surface area (TPSA) is 124 Å². The van der Waals surface area contributed by atoms with Crippen molar-refractivity contribution in [2.45, 2.75) is 50.4 Å². The van der Waals surface area contributed by atoms with Crippen LogP contribution in [0.25, 0.3) is 32.8 Å². The predicted octanol–water partition coefficient (Wildman–Crippen LogP) is 8.64. The van der Waals surface area contributed by atoms with Crippen LogP contribution in [0.4, 0.5) is 15.0 Å². The molecule has 0 radical (unpaired) electrons. The van der Waals surface area contributed by atoms with Crippen LogP contribution in [0.2, 0.25) is 0 Å². The summed E-state index contributed by atoms with van der Waals surface area (Å²) in [5.41, 5.74) is 1.96. The Morgan fingerprint density at radius 2 is 1.65 bits per heavy atom. The Kier molecular flexibility index (Phi) is 9.68. The van der Waals surface area contributed by atoms with E-state index in [1.165, 1.54) is 4.90 Å². The normalized spacial score (nSPS) is 19.2. The summed E-state index contributed by atoms with van der Waals surface area (Å²) in [5.74, 6) is 0.741. The van der Waals surface area contributed by atoms with Crippen molar-refractivity contribution in [2.24, 2.45) is 0 Å². The highest BCUT2D eigenvalue weighted by molar-refractivity contribution is 6.03. The Morgan fingerprint density at radius 3 is 2.40 bits per heavy atom. The number of para-hydroxylation sites is 1. The van der Waals surface area contributed by atoms with Crippen molar-refractivity contribution in [1.82, 2.24) is 19.8 Å². The van der Waals surface area contributed by atoms with Crippen molar-refractivity contribution in [3.8, 4) is 40.5 Å². The second-order valence-electron chi connectivity index (χ2n) is 15.0. The molecule has 0 unspecified atom stereocenters. The number of carbonyl (C=O) groups is 1. The van der Waals surface area contributed by atoms with Crippen LogP contribution in [-0.4, -0.2) is 82.4 Å². The van der Waals surface area contributed by atoms with Crippen molar-refractivity contribution in [3.63, 3.8) is 0 Å². The molecule has 1 aromatic heterocycles. The van der Waals surface area contributed by atoms with Crippen molar-refractivity contribution in [3.05, 3.63) is 114 Å². The number of halogens is 1. The molecule has 0 aliphatic carbocycles. The highest BCUT2D eigenvalue weighted by atomic mass is 19.1. The minimum absolute atomic E-state index is 0.0402. The first-order valence-electron chi connectivity index (χ1n) is 19.3. The van der Waals surface area contributed by atoms with Crippen LogP contribution in [0.5, 0.6) is 23.3 Å². The number of rotatable bonds is 10. The molecule has 0 spiro atoms. The monoisotopic (exact) mass is 764 g/mol. The molecule has 3 atom stereocenters. The fourth-order valence-corrected chi connectivity index (χ4v) is 8.63. The fourth-order valence-electron chi connectivity index (χ4n) is 8.63. The lowest BCUT2D eigenvalue weighted by atomic mass is 9.95. The summed E-state index contributed by atoms with van der Waals surface area (Å²) in [6.07, 6.45) is 2.53. The molecule has 5 aromatic carbocycles. The lowest BCUT2D eigenvalue weighted by Gasteiger charge is -2.40. The quantitative estimate of drug-likeness (QED) is 0.145. The number of piperazine rings is 1. The van der Waals surface area contributed by atoms with Gasteiger partial charge in [-0.05, 0) is 91.5 Å². The van der Waals surface area contributed by atoms with Gasteiger partial charge in [-0.25, -0.2) is 9.18 Å². The van der Waals surface area contributed by atoms with Gasteiger partial charge in [0.2, 0.25) is 0 Å². The van der Waals surface area contributed by atoms with Gasteiger partial charge in [-0.2, -0.15) is 15.2 Å². The number of hydrogen-bond acceptors (Lipinski definition) is 9. The van der Waals surface area contributed by atoms with Crippen LogP contribution in [0.1, 0.15) is 36.8 Å². The number of fused-ring (bicyclic) bond motifs is 4. The van der Waals surface area contributed by atoms with E-state index < -0.39 is 11.9 Å². The summed E-state index contributed by atoms with van der Waals surface area (Å²) < 4.78 is 37.3. The van der Waals surface area contributed by atoms with Crippen LogP contribution in [0.15, 0.2) is 97.1 Å². The second kappa shape index (κ2) is 15.2. The van der Waals surface area contributed by atoms with Gasteiger partial charge < -0.3 is 29.1 Å². The molecule has 288 valence electrons. The Hall–Kier alpha value is -6.45. The van der Waals surface area contributed by atoms with Crippen molar-refractivity contribution >= 4 is 33.6 Å². The van der Waals surface area contributed by atoms with E-state index in [-0.39, 0.29) is 52.3 Å². The van der Waals surface area contributed by atoms with Gasteiger partial charge >= 0.3 is 12.1 Å². The zero-order chi connectivity index (χ0) is 39.0. The molecule has 4 heterocycles. The maximum absolute atomic E-state index is 18.0. The average molecular weight is 765 g/mol. The maximum Gasteiger partial charge on any atom is 0.407 e. The van der Waals surface area contributed by atoms with Crippen LogP contribution < -0.4 is 19.1 Å². The SMILES string of the molecule is CN1CCC[C@H]1COc1nc(N2C[C@H]3CC[C@@H](C2)N3C(=O)O)c2cc(Oc3ccccc3C#N)c(-c3cc(OCc4ccccc4)cc4ccccc34)c(F)c2n1. The molecular formula is C45H41FN6O5. The second-order valence-corrected chi connectivity index (χ2v) is 15.0. The zero-order valence-corrected chi connectivity index (χ0v) is 31.5. The predicted molar refractivity (Wildman–Crippen MR) is 214 cm³/mol. The molecule has 3 fully saturated rings. The molecule has 0 saturated carbocycles. The van der Waals surface area contributed by atoms with E-state index in [1.54, 1.807) is 30.3 Å². The summed E-state index contributed by atoms with van der Waals surface area (Å²) in [5, 5.41) is 22.0. The Balaban J connectivity index is 1.24. The van der Waals surface area contributed by atoms with E-state index in [4.69, 9.17) is 24.2 Å². The van der Waals surface area contributed by atoms with Crippen LogP contribution in [0, 0.1) is 17.1 Å². The van der Waals surface area contributed by atoms with Crippen LogP contribution in [-0.2, 0) is 6.61 Å². The van der Waals surface area contributed by atoms with Gasteiger partial charge in [0.1, 0.15) is 47.9 Å². The van der Waals surface area contributed by atoms with E-state index >= 15 is 4.39 Å². The molecule has 1 amide bonds. The maximum atomic E-state index is 18.0. The Bertz CT molecular complexity index is 2520. The highest BCUT2D eigenvalue weighted by Gasteiger charge is 2.44. The third-order valence-corrected chi connectivity index (χ3v) is 11.5. The van der Waals surface area contributed by atoms with E-state index in [0.717, 1.165) is 48.6 Å². The summed E-state index contributed by atoms with van der Waals surface area (Å²) in [4.78, 5) is 27.7. The first-order valence-corrected chi connectivity index (χ1v) is 19.3. The molecule has 2 bridgehead atoms. The van der Waals surface area contributed by atoms with Gasteiger partial charge in [0.25, 0.3) is 0 Å². The Morgan fingerprint density at radius 1 is 0.895 bits per heavy atom. The standard InChI is InChI=1S/C45H41FN6O5/c1-50-19-9-14-33(50)27-56-44-48-42-37(43(49-44)51-24-31-17-18-32(25-51)52(31)45(53)54)22-39(57-38-16-8-6-13-30(38)23-47)40(41(42)46)36-21-34(20-29-12-5-7-15-35(29)36)55-26-28-10-3-2-4-11-28/h2-8,10-13,15-16,20-22,31-33H,9,14,17-19,24-27H2,1H3,(H,53,54)/t31-,32+,33-/m0/s1. The number of hydrogen-bond donors (Lipinski definition) is 1. The number of anilines is 1. The van der Waals surface area contributed by atoms with Crippen molar-refractivity contribution in [1.29, 1.82) is 5.26 Å². The largest absolute Gasteiger partial charge is 0.489 e. The molecule has 12 heteroatoms. The lowest BCUT2D eigenvalue weighted by molar-refractivity contribution is 0.114. The minimum atomic E-state index is -0.941. The van der Waals surface area contributed by atoms with Gasteiger partial charge in [0.15, 0.2) is 5.82 Å². The third-order valence-electron chi connectivity index (χ3n) is 11.5. The molecule has 3 aliphatic heterocycles. The van der Waals surface area contributed by atoms with E-state index in [0.29, 0.717) is 48.8 Å².